The highest BCUT2D eigenvalue weighted by molar-refractivity contribution is 5.15. The van der Waals surface area contributed by atoms with E-state index < -0.39 is 0 Å². The normalized spacial score (nSPS) is 53.5. The van der Waals surface area contributed by atoms with Crippen LogP contribution in [0.15, 0.2) is 0 Å². The number of rotatable bonds is 3. The lowest BCUT2D eigenvalue weighted by atomic mass is 9.98. The predicted molar refractivity (Wildman–Crippen MR) is 51.2 cm³/mol. The molecule has 0 spiro atoms. The summed E-state index contributed by atoms with van der Waals surface area (Å²) < 4.78 is 5.14. The molecule has 74 valence electrons. The number of nitrogens with two attached hydrogens (primary N) is 1. The van der Waals surface area contributed by atoms with Crippen LogP contribution in [0.2, 0.25) is 0 Å². The summed E-state index contributed by atoms with van der Waals surface area (Å²) in [6, 6.07) is 0.323. The van der Waals surface area contributed by atoms with Gasteiger partial charge in [-0.05, 0) is 48.9 Å². The molecule has 5 unspecified atom stereocenters. The van der Waals surface area contributed by atoms with Crippen molar-refractivity contribution in [2.24, 2.45) is 35.3 Å². The highest BCUT2D eigenvalue weighted by Crippen LogP contribution is 2.69. The molecule has 0 heterocycles. The van der Waals surface area contributed by atoms with E-state index in [9.17, 15) is 0 Å². The maximum atomic E-state index is 6.11. The van der Waals surface area contributed by atoms with Crippen LogP contribution in [0, 0.1) is 29.6 Å². The van der Waals surface area contributed by atoms with Crippen molar-refractivity contribution in [1.82, 2.24) is 0 Å². The van der Waals surface area contributed by atoms with Crippen molar-refractivity contribution >= 4 is 0 Å². The van der Waals surface area contributed by atoms with E-state index in [1.807, 2.05) is 0 Å². The van der Waals surface area contributed by atoms with Crippen molar-refractivity contribution in [3.8, 4) is 0 Å². The molecule has 0 saturated heterocycles. The van der Waals surface area contributed by atoms with Crippen LogP contribution in [0.5, 0.6) is 0 Å². The SMILES string of the molecule is COCC(N)C1C2C3CCC(C3)C12. The molecule has 0 aromatic carbocycles. The molecule has 13 heavy (non-hydrogen) atoms. The van der Waals surface area contributed by atoms with Crippen LogP contribution in [0.1, 0.15) is 19.3 Å². The van der Waals surface area contributed by atoms with E-state index in [1.54, 1.807) is 7.11 Å². The number of fused-ring (bicyclic) bond motifs is 5. The summed E-state index contributed by atoms with van der Waals surface area (Å²) >= 11 is 0. The smallest absolute Gasteiger partial charge is 0.0616 e. The molecule has 3 aliphatic carbocycles. The zero-order valence-corrected chi connectivity index (χ0v) is 8.28. The Hall–Kier alpha value is -0.0800. The minimum Gasteiger partial charge on any atom is -0.383 e. The molecule has 0 aromatic rings. The summed E-state index contributed by atoms with van der Waals surface area (Å²) in [5, 5.41) is 0. The van der Waals surface area contributed by atoms with E-state index in [4.69, 9.17) is 10.5 Å². The molecule has 3 aliphatic rings. The first-order chi connectivity index (χ1) is 6.33. The fourth-order valence-corrected chi connectivity index (χ4v) is 4.27. The van der Waals surface area contributed by atoms with Gasteiger partial charge in [-0.15, -0.1) is 0 Å². The zero-order chi connectivity index (χ0) is 9.00. The van der Waals surface area contributed by atoms with Gasteiger partial charge in [-0.3, -0.25) is 0 Å². The van der Waals surface area contributed by atoms with Gasteiger partial charge in [-0.1, -0.05) is 0 Å². The highest BCUT2D eigenvalue weighted by atomic mass is 16.5. The standard InChI is InChI=1S/C11H19NO/c1-13-5-8(12)11-9-6-2-3-7(4-6)10(9)11/h6-11H,2-5,12H2,1H3. The average molecular weight is 181 g/mol. The van der Waals surface area contributed by atoms with Crippen LogP contribution < -0.4 is 5.73 Å². The van der Waals surface area contributed by atoms with Gasteiger partial charge < -0.3 is 10.5 Å². The molecular formula is C11H19NO. The number of hydrogen-bond donors (Lipinski definition) is 1. The first-order valence-corrected chi connectivity index (χ1v) is 5.57. The Bertz CT molecular complexity index is 202. The molecule has 2 heteroatoms. The largest absolute Gasteiger partial charge is 0.383 e. The monoisotopic (exact) mass is 181 g/mol. The van der Waals surface area contributed by atoms with Crippen LogP contribution in [0.3, 0.4) is 0 Å². The molecule has 2 nitrogen and oxygen atoms in total. The summed E-state index contributed by atoms with van der Waals surface area (Å²) in [4.78, 5) is 0. The second kappa shape index (κ2) is 2.71. The fraction of sp³-hybridized carbons (Fsp3) is 1.00. The van der Waals surface area contributed by atoms with Crippen molar-refractivity contribution in [2.45, 2.75) is 25.3 Å². The van der Waals surface area contributed by atoms with Crippen LogP contribution in [-0.4, -0.2) is 19.8 Å². The third-order valence-electron chi connectivity index (χ3n) is 4.65. The van der Waals surface area contributed by atoms with Gasteiger partial charge in [-0.2, -0.15) is 0 Å². The molecule has 3 saturated carbocycles. The highest BCUT2D eigenvalue weighted by Gasteiger charge is 2.66. The van der Waals surface area contributed by atoms with Crippen LogP contribution in [-0.2, 0) is 4.74 Å². The molecule has 3 rings (SSSR count). The van der Waals surface area contributed by atoms with E-state index in [-0.39, 0.29) is 0 Å². The molecule has 0 radical (unpaired) electrons. The fourth-order valence-electron chi connectivity index (χ4n) is 4.27. The van der Waals surface area contributed by atoms with E-state index >= 15 is 0 Å². The Balaban J connectivity index is 1.66. The average Bonchev–Trinajstić information content (AvgIpc) is 2.57. The van der Waals surface area contributed by atoms with Gasteiger partial charge in [0.25, 0.3) is 0 Å². The zero-order valence-electron chi connectivity index (χ0n) is 8.28. The van der Waals surface area contributed by atoms with Gasteiger partial charge in [0.05, 0.1) is 6.61 Å². The summed E-state index contributed by atoms with van der Waals surface area (Å²) in [5.41, 5.74) is 6.11. The first kappa shape index (κ1) is 8.25. The summed E-state index contributed by atoms with van der Waals surface area (Å²) in [5.74, 6) is 4.92. The lowest BCUT2D eigenvalue weighted by Crippen LogP contribution is -2.30. The minimum absolute atomic E-state index is 0.323. The van der Waals surface area contributed by atoms with Gasteiger partial charge in [-0.25, -0.2) is 0 Å². The van der Waals surface area contributed by atoms with Crippen LogP contribution >= 0.6 is 0 Å². The Kier molecular flexibility index (Phi) is 1.72. The third-order valence-corrected chi connectivity index (χ3v) is 4.65. The Labute approximate surface area is 79.8 Å². The number of ether oxygens (including phenoxy) is 1. The van der Waals surface area contributed by atoms with Crippen molar-refractivity contribution in [3.63, 3.8) is 0 Å². The Morgan fingerprint density at radius 2 is 1.92 bits per heavy atom. The molecule has 3 fully saturated rings. The first-order valence-electron chi connectivity index (χ1n) is 5.57. The quantitative estimate of drug-likeness (QED) is 0.711. The van der Waals surface area contributed by atoms with E-state index in [2.05, 4.69) is 0 Å². The topological polar surface area (TPSA) is 35.2 Å². The van der Waals surface area contributed by atoms with Crippen LogP contribution in [0.4, 0.5) is 0 Å². The lowest BCUT2D eigenvalue weighted by Gasteiger charge is -2.14. The van der Waals surface area contributed by atoms with Crippen molar-refractivity contribution in [1.29, 1.82) is 0 Å². The van der Waals surface area contributed by atoms with Gasteiger partial charge >= 0.3 is 0 Å². The summed E-state index contributed by atoms with van der Waals surface area (Å²) in [6.45, 7) is 0.761. The minimum atomic E-state index is 0.323. The molecule has 0 aromatic heterocycles. The number of methoxy groups -OCH3 is 1. The number of hydrogen-bond acceptors (Lipinski definition) is 2. The molecule has 2 N–H and O–H groups in total. The van der Waals surface area contributed by atoms with E-state index in [0.717, 1.165) is 36.2 Å². The third kappa shape index (κ3) is 1.02. The Morgan fingerprint density at radius 3 is 2.46 bits per heavy atom. The molecule has 2 bridgehead atoms. The second-order valence-electron chi connectivity index (χ2n) is 5.18. The molecular weight excluding hydrogens is 162 g/mol. The Morgan fingerprint density at radius 1 is 1.31 bits per heavy atom. The van der Waals surface area contributed by atoms with E-state index in [0.29, 0.717) is 6.04 Å². The summed E-state index contributed by atoms with van der Waals surface area (Å²) in [7, 11) is 1.76. The maximum absolute atomic E-state index is 6.11. The molecule has 0 amide bonds. The van der Waals surface area contributed by atoms with Crippen LogP contribution in [0.25, 0.3) is 0 Å². The molecule has 5 atom stereocenters. The summed E-state index contributed by atoms with van der Waals surface area (Å²) in [6.07, 6.45) is 4.50. The van der Waals surface area contributed by atoms with Crippen molar-refractivity contribution in [2.75, 3.05) is 13.7 Å². The van der Waals surface area contributed by atoms with Gasteiger partial charge in [0.2, 0.25) is 0 Å². The maximum Gasteiger partial charge on any atom is 0.0616 e. The lowest BCUT2D eigenvalue weighted by molar-refractivity contribution is 0.164. The van der Waals surface area contributed by atoms with Gasteiger partial charge in [0.15, 0.2) is 0 Å². The molecule has 0 aliphatic heterocycles. The van der Waals surface area contributed by atoms with Crippen molar-refractivity contribution < 1.29 is 4.74 Å². The second-order valence-corrected chi connectivity index (χ2v) is 5.18. The predicted octanol–water partition coefficient (Wildman–Crippen LogP) is 1.25. The van der Waals surface area contributed by atoms with Gasteiger partial charge in [0, 0.05) is 13.2 Å². The van der Waals surface area contributed by atoms with E-state index in [1.165, 1.54) is 19.3 Å². The van der Waals surface area contributed by atoms with Gasteiger partial charge in [0.1, 0.15) is 0 Å². The van der Waals surface area contributed by atoms with Crippen molar-refractivity contribution in [3.05, 3.63) is 0 Å².